The van der Waals surface area contributed by atoms with Crippen molar-refractivity contribution in [1.82, 2.24) is 5.32 Å². The monoisotopic (exact) mass is 459 g/mol. The zero-order valence-corrected chi connectivity index (χ0v) is 19.6. The molecule has 3 atom stereocenters. The van der Waals surface area contributed by atoms with E-state index in [-0.39, 0.29) is 36.4 Å². The Morgan fingerprint density at radius 1 is 1.24 bits per heavy atom. The van der Waals surface area contributed by atoms with Crippen LogP contribution in [0.3, 0.4) is 0 Å². The van der Waals surface area contributed by atoms with E-state index in [1.807, 2.05) is 13.8 Å². The van der Waals surface area contributed by atoms with Crippen LogP contribution in [0.1, 0.15) is 45.6 Å². The maximum absolute atomic E-state index is 14.2. The Kier molecular flexibility index (Phi) is 7.68. The Balaban J connectivity index is 2.04. The second kappa shape index (κ2) is 10.3. The molecule has 2 aliphatic rings. The molecule has 1 N–H and O–H groups in total. The fourth-order valence-electron chi connectivity index (χ4n) is 4.47. The van der Waals surface area contributed by atoms with Gasteiger partial charge in [0.25, 0.3) is 0 Å². The zero-order chi connectivity index (χ0) is 24.3. The minimum atomic E-state index is -0.998. The van der Waals surface area contributed by atoms with Crippen LogP contribution in [0, 0.1) is 17.7 Å². The predicted molar refractivity (Wildman–Crippen MR) is 118 cm³/mol. The maximum atomic E-state index is 14.2. The van der Waals surface area contributed by atoms with Crippen LogP contribution >= 0.6 is 0 Å². The molecule has 7 nitrogen and oxygen atoms in total. The molecule has 0 saturated heterocycles. The van der Waals surface area contributed by atoms with Gasteiger partial charge < -0.3 is 19.5 Å². The lowest BCUT2D eigenvalue weighted by molar-refractivity contribution is -0.151. The first-order valence-electron chi connectivity index (χ1n) is 11.0. The third kappa shape index (κ3) is 5.16. The average Bonchev–Trinajstić information content (AvgIpc) is 2.75. The van der Waals surface area contributed by atoms with Crippen molar-refractivity contribution in [1.29, 1.82) is 0 Å². The number of ketones is 1. The quantitative estimate of drug-likeness (QED) is 0.380. The number of nitrogens with one attached hydrogen (secondary N) is 1. The number of dihydropyridines is 1. The molecule has 178 valence electrons. The number of hydrogen-bond donors (Lipinski definition) is 1. The summed E-state index contributed by atoms with van der Waals surface area (Å²) in [5.41, 5.74) is 2.05. The number of ether oxygens (including phenoxy) is 3. The number of hydrogen-bond acceptors (Lipinski definition) is 7. The van der Waals surface area contributed by atoms with Gasteiger partial charge in [-0.1, -0.05) is 19.1 Å². The standard InChI is InChI=1S/C25H30FNO6/c1-13(2)32-9-10-33-25(30)20-15(4)27-18-11-14(3)19(24(29)31-5)23(28)22(18)21(20)16-7-6-8-17(26)12-16/h6-8,12-14,19,21,27H,9-11H2,1-5H3/t14-,19+,21+/m0/s1. The molecule has 0 aromatic heterocycles. The smallest absolute Gasteiger partial charge is 0.336 e. The summed E-state index contributed by atoms with van der Waals surface area (Å²) in [6.45, 7) is 7.54. The van der Waals surface area contributed by atoms with Crippen molar-refractivity contribution in [2.24, 2.45) is 11.8 Å². The normalized spacial score (nSPS) is 22.8. The topological polar surface area (TPSA) is 90.9 Å². The Morgan fingerprint density at radius 2 is 1.97 bits per heavy atom. The number of esters is 2. The van der Waals surface area contributed by atoms with E-state index in [9.17, 15) is 18.8 Å². The molecule has 3 rings (SSSR count). The molecular formula is C25H30FNO6. The lowest BCUT2D eigenvalue weighted by Gasteiger charge is -2.38. The van der Waals surface area contributed by atoms with Gasteiger partial charge in [0, 0.05) is 22.9 Å². The Labute approximate surface area is 193 Å². The highest BCUT2D eigenvalue weighted by Gasteiger charge is 2.47. The summed E-state index contributed by atoms with van der Waals surface area (Å²) in [4.78, 5) is 39.1. The van der Waals surface area contributed by atoms with Crippen molar-refractivity contribution in [2.45, 2.75) is 46.1 Å². The average molecular weight is 460 g/mol. The summed E-state index contributed by atoms with van der Waals surface area (Å²) < 4.78 is 29.9. The molecule has 1 heterocycles. The van der Waals surface area contributed by atoms with Gasteiger partial charge >= 0.3 is 11.9 Å². The zero-order valence-electron chi connectivity index (χ0n) is 19.6. The molecule has 0 fully saturated rings. The Hall–Kier alpha value is -3.00. The molecule has 0 bridgehead atoms. The lowest BCUT2D eigenvalue weighted by Crippen LogP contribution is -2.43. The van der Waals surface area contributed by atoms with E-state index >= 15 is 0 Å². The van der Waals surface area contributed by atoms with Gasteiger partial charge in [0.2, 0.25) is 0 Å². The van der Waals surface area contributed by atoms with Gasteiger partial charge in [-0.3, -0.25) is 9.59 Å². The Bertz CT molecular complexity index is 1010. The molecule has 33 heavy (non-hydrogen) atoms. The van der Waals surface area contributed by atoms with Crippen molar-refractivity contribution in [3.63, 3.8) is 0 Å². The first-order valence-corrected chi connectivity index (χ1v) is 11.0. The van der Waals surface area contributed by atoms with Crippen molar-refractivity contribution in [3.05, 3.63) is 58.2 Å². The molecule has 1 aromatic carbocycles. The van der Waals surface area contributed by atoms with Crippen LogP contribution in [0.2, 0.25) is 0 Å². The van der Waals surface area contributed by atoms with Crippen molar-refractivity contribution in [3.8, 4) is 0 Å². The predicted octanol–water partition coefficient (Wildman–Crippen LogP) is 3.41. The largest absolute Gasteiger partial charge is 0.468 e. The van der Waals surface area contributed by atoms with Gasteiger partial charge in [-0.05, 0) is 50.8 Å². The minimum absolute atomic E-state index is 0.00846. The molecule has 1 aliphatic heterocycles. The number of rotatable bonds is 7. The van der Waals surface area contributed by atoms with E-state index in [2.05, 4.69) is 5.32 Å². The van der Waals surface area contributed by atoms with Gasteiger partial charge in [-0.2, -0.15) is 0 Å². The molecule has 0 spiro atoms. The van der Waals surface area contributed by atoms with E-state index in [4.69, 9.17) is 14.2 Å². The number of halogens is 1. The first-order chi connectivity index (χ1) is 15.6. The molecule has 0 unspecified atom stereocenters. The van der Waals surface area contributed by atoms with Crippen LogP contribution in [-0.2, 0) is 28.6 Å². The minimum Gasteiger partial charge on any atom is -0.468 e. The summed E-state index contributed by atoms with van der Waals surface area (Å²) in [6.07, 6.45) is 0.403. The summed E-state index contributed by atoms with van der Waals surface area (Å²) in [7, 11) is 1.24. The van der Waals surface area contributed by atoms with E-state index in [1.165, 1.54) is 25.3 Å². The van der Waals surface area contributed by atoms with Gasteiger partial charge in [0.1, 0.15) is 18.3 Å². The third-order valence-corrected chi connectivity index (χ3v) is 5.91. The highest BCUT2D eigenvalue weighted by Crippen LogP contribution is 2.45. The number of allylic oxidation sites excluding steroid dienone is 3. The van der Waals surface area contributed by atoms with Gasteiger partial charge in [-0.15, -0.1) is 0 Å². The second-order valence-corrected chi connectivity index (χ2v) is 8.65. The van der Waals surface area contributed by atoms with Crippen molar-refractivity contribution < 1.29 is 33.0 Å². The molecular weight excluding hydrogens is 429 g/mol. The molecule has 0 saturated carbocycles. The number of Topliss-reactive ketones (excluding diaryl/α,β-unsaturated/α-hetero) is 1. The fraction of sp³-hybridized carbons (Fsp3) is 0.480. The molecule has 0 radical (unpaired) electrons. The number of methoxy groups -OCH3 is 1. The van der Waals surface area contributed by atoms with E-state index in [0.29, 0.717) is 23.4 Å². The van der Waals surface area contributed by atoms with E-state index in [0.717, 1.165) is 0 Å². The maximum Gasteiger partial charge on any atom is 0.336 e. The van der Waals surface area contributed by atoms with Crippen LogP contribution in [0.25, 0.3) is 0 Å². The summed E-state index contributed by atoms with van der Waals surface area (Å²) in [5, 5.41) is 3.17. The molecule has 1 aliphatic carbocycles. The van der Waals surface area contributed by atoms with Crippen LogP contribution < -0.4 is 5.32 Å². The molecule has 0 amide bonds. The van der Waals surface area contributed by atoms with Gasteiger partial charge in [-0.25, -0.2) is 9.18 Å². The number of carbonyl (C=O) groups excluding carboxylic acids is 3. The van der Waals surface area contributed by atoms with E-state index in [1.54, 1.807) is 19.9 Å². The summed E-state index contributed by atoms with van der Waals surface area (Å²) in [6, 6.07) is 5.77. The van der Waals surface area contributed by atoms with Gasteiger partial charge in [0.15, 0.2) is 5.78 Å². The van der Waals surface area contributed by atoms with Crippen molar-refractivity contribution in [2.75, 3.05) is 20.3 Å². The van der Waals surface area contributed by atoms with Crippen LogP contribution in [0.15, 0.2) is 46.8 Å². The second-order valence-electron chi connectivity index (χ2n) is 8.65. The highest BCUT2D eigenvalue weighted by atomic mass is 19.1. The Morgan fingerprint density at radius 3 is 2.61 bits per heavy atom. The first kappa shape index (κ1) is 24.6. The molecule has 1 aromatic rings. The van der Waals surface area contributed by atoms with Gasteiger partial charge in [0.05, 0.1) is 25.4 Å². The number of carbonyl (C=O) groups is 3. The summed E-state index contributed by atoms with van der Waals surface area (Å²) in [5.74, 6) is -4.35. The van der Waals surface area contributed by atoms with Crippen LogP contribution in [-0.4, -0.2) is 44.1 Å². The van der Waals surface area contributed by atoms with Crippen LogP contribution in [0.5, 0.6) is 0 Å². The highest BCUT2D eigenvalue weighted by molar-refractivity contribution is 6.12. The SMILES string of the molecule is COC(=O)[C@H]1C(=O)C2=C(C[C@@H]1C)NC(C)=C(C(=O)OCCOC(C)C)[C@H]2c1cccc(F)c1. The summed E-state index contributed by atoms with van der Waals surface area (Å²) >= 11 is 0. The molecule has 8 heteroatoms. The fourth-order valence-corrected chi connectivity index (χ4v) is 4.47. The lowest BCUT2D eigenvalue weighted by atomic mass is 9.69. The third-order valence-electron chi connectivity index (χ3n) is 5.91. The number of benzene rings is 1. The van der Waals surface area contributed by atoms with E-state index < -0.39 is 35.4 Å². The van der Waals surface area contributed by atoms with Crippen molar-refractivity contribution >= 4 is 17.7 Å². The van der Waals surface area contributed by atoms with Crippen LogP contribution in [0.4, 0.5) is 4.39 Å².